The van der Waals surface area contributed by atoms with Crippen LogP contribution in [0.3, 0.4) is 0 Å². The lowest BCUT2D eigenvalue weighted by Gasteiger charge is -2.18. The quantitative estimate of drug-likeness (QED) is 0.0261. The number of esters is 3. The highest BCUT2D eigenvalue weighted by molar-refractivity contribution is 5.71. The number of carbonyl (C=O) groups is 3. The van der Waals surface area contributed by atoms with Gasteiger partial charge in [0, 0.05) is 19.3 Å². The van der Waals surface area contributed by atoms with Crippen molar-refractivity contribution >= 4 is 17.9 Å². The second-order valence-corrected chi connectivity index (χ2v) is 25.6. The number of allylic oxidation sites excluding steroid dienone is 6. The van der Waals surface area contributed by atoms with Gasteiger partial charge in [-0.1, -0.05) is 359 Å². The van der Waals surface area contributed by atoms with Crippen LogP contribution in [0.25, 0.3) is 0 Å². The summed E-state index contributed by atoms with van der Waals surface area (Å²) in [5, 5.41) is 0. The molecule has 0 spiro atoms. The van der Waals surface area contributed by atoms with Gasteiger partial charge in [-0.3, -0.25) is 14.4 Å². The molecule has 0 aromatic carbocycles. The smallest absolute Gasteiger partial charge is 0.306 e. The van der Waals surface area contributed by atoms with Gasteiger partial charge in [-0.2, -0.15) is 0 Å². The maximum absolute atomic E-state index is 13.0. The average Bonchev–Trinajstić information content (AvgIpc) is 3.49. The molecule has 0 rings (SSSR count). The summed E-state index contributed by atoms with van der Waals surface area (Å²) in [6.07, 6.45) is 90.4. The molecule has 0 aromatic heterocycles. The summed E-state index contributed by atoms with van der Waals surface area (Å²) in [5.74, 6) is -0.835. The summed E-state index contributed by atoms with van der Waals surface area (Å²) in [7, 11) is 0. The molecular formula is C77H144O6. The molecule has 0 aliphatic heterocycles. The molecule has 0 bridgehead atoms. The summed E-state index contributed by atoms with van der Waals surface area (Å²) < 4.78 is 17.0. The zero-order valence-electron chi connectivity index (χ0n) is 56.2. The van der Waals surface area contributed by atoms with E-state index in [1.807, 2.05) is 0 Å². The third-order valence-corrected chi connectivity index (χ3v) is 17.1. The predicted octanol–water partition coefficient (Wildman–Crippen LogP) is 25.9. The van der Waals surface area contributed by atoms with Crippen molar-refractivity contribution < 1.29 is 28.6 Å². The van der Waals surface area contributed by atoms with Gasteiger partial charge in [-0.25, -0.2) is 0 Å². The van der Waals surface area contributed by atoms with E-state index in [9.17, 15) is 14.4 Å². The summed E-state index contributed by atoms with van der Waals surface area (Å²) >= 11 is 0. The molecule has 0 aliphatic carbocycles. The first kappa shape index (κ1) is 80.6. The molecule has 0 aliphatic rings. The lowest BCUT2D eigenvalue weighted by molar-refractivity contribution is -0.167. The topological polar surface area (TPSA) is 78.9 Å². The maximum Gasteiger partial charge on any atom is 0.306 e. The second-order valence-electron chi connectivity index (χ2n) is 25.6. The normalized spacial score (nSPS) is 12.2. The highest BCUT2D eigenvalue weighted by Gasteiger charge is 2.20. The molecule has 0 radical (unpaired) electrons. The minimum atomic E-state index is -0.772. The number of carbonyl (C=O) groups excluding carboxylic acids is 3. The van der Waals surface area contributed by atoms with Gasteiger partial charge in [0.1, 0.15) is 13.2 Å². The van der Waals surface area contributed by atoms with Crippen LogP contribution in [-0.2, 0) is 28.6 Å². The SMILES string of the molecule is CCCCCCC/C=C\C/C=C\CCCCCCCCCCCCCC(=O)OC(COC(=O)CCCCCCCCCCCCCCCCC)COC(=O)CCCCCCCCCCCCCCCCC/C=C\CCCCCCCCCC. The molecule has 0 N–H and O–H groups in total. The third-order valence-electron chi connectivity index (χ3n) is 17.1. The van der Waals surface area contributed by atoms with Crippen LogP contribution >= 0.6 is 0 Å². The zero-order valence-corrected chi connectivity index (χ0v) is 56.2. The summed E-state index contributed by atoms with van der Waals surface area (Å²) in [6.45, 7) is 6.71. The Labute approximate surface area is 518 Å². The van der Waals surface area contributed by atoms with Crippen LogP contribution in [0, 0.1) is 0 Å². The molecule has 6 nitrogen and oxygen atoms in total. The van der Waals surface area contributed by atoms with Gasteiger partial charge in [0.2, 0.25) is 0 Å². The monoisotopic (exact) mass is 1170 g/mol. The molecule has 0 saturated carbocycles. The van der Waals surface area contributed by atoms with E-state index >= 15 is 0 Å². The molecule has 1 atom stereocenters. The molecule has 0 amide bonds. The molecule has 488 valence electrons. The summed E-state index contributed by atoms with van der Waals surface area (Å²) in [4.78, 5) is 38.5. The molecule has 0 fully saturated rings. The Morgan fingerprint density at radius 2 is 0.434 bits per heavy atom. The van der Waals surface area contributed by atoms with E-state index in [0.29, 0.717) is 19.3 Å². The van der Waals surface area contributed by atoms with Gasteiger partial charge in [0.25, 0.3) is 0 Å². The van der Waals surface area contributed by atoms with Gasteiger partial charge in [-0.05, 0) is 77.0 Å². The molecular weight excluding hydrogens is 1020 g/mol. The predicted molar refractivity (Wildman–Crippen MR) is 362 cm³/mol. The van der Waals surface area contributed by atoms with Crippen LogP contribution in [-0.4, -0.2) is 37.2 Å². The Balaban J connectivity index is 4.24. The molecule has 0 heterocycles. The van der Waals surface area contributed by atoms with Gasteiger partial charge >= 0.3 is 17.9 Å². The average molecular weight is 1170 g/mol. The lowest BCUT2D eigenvalue weighted by Crippen LogP contribution is -2.30. The second kappa shape index (κ2) is 72.1. The first-order valence-corrected chi connectivity index (χ1v) is 37.5. The fourth-order valence-corrected chi connectivity index (χ4v) is 11.5. The Kier molecular flexibility index (Phi) is 70.0. The zero-order chi connectivity index (χ0) is 59.9. The van der Waals surface area contributed by atoms with Gasteiger partial charge in [0.05, 0.1) is 0 Å². The van der Waals surface area contributed by atoms with Crippen LogP contribution in [0.2, 0.25) is 0 Å². The van der Waals surface area contributed by atoms with Crippen molar-refractivity contribution in [1.82, 2.24) is 0 Å². The van der Waals surface area contributed by atoms with Gasteiger partial charge in [0.15, 0.2) is 6.10 Å². The Hall–Kier alpha value is -2.37. The third kappa shape index (κ3) is 70.3. The van der Waals surface area contributed by atoms with Crippen molar-refractivity contribution in [3.8, 4) is 0 Å². The van der Waals surface area contributed by atoms with Crippen molar-refractivity contribution in [3.05, 3.63) is 36.5 Å². The van der Waals surface area contributed by atoms with Crippen molar-refractivity contribution in [2.75, 3.05) is 13.2 Å². The highest BCUT2D eigenvalue weighted by Crippen LogP contribution is 2.19. The van der Waals surface area contributed by atoms with Crippen molar-refractivity contribution in [2.45, 2.75) is 425 Å². The van der Waals surface area contributed by atoms with Crippen molar-refractivity contribution in [2.24, 2.45) is 0 Å². The first-order valence-electron chi connectivity index (χ1n) is 37.5. The van der Waals surface area contributed by atoms with E-state index in [1.165, 1.54) is 315 Å². The molecule has 6 heteroatoms. The fourth-order valence-electron chi connectivity index (χ4n) is 11.5. The van der Waals surface area contributed by atoms with Crippen molar-refractivity contribution in [1.29, 1.82) is 0 Å². The van der Waals surface area contributed by atoms with Gasteiger partial charge < -0.3 is 14.2 Å². The minimum absolute atomic E-state index is 0.0669. The van der Waals surface area contributed by atoms with Crippen LogP contribution < -0.4 is 0 Å². The van der Waals surface area contributed by atoms with E-state index in [0.717, 1.165) is 64.2 Å². The van der Waals surface area contributed by atoms with E-state index in [1.54, 1.807) is 0 Å². The standard InChI is InChI=1S/C77H144O6/c1-4-7-10-13-16-19-22-25-28-30-32-34-36-37-38-39-41-42-44-46-49-52-55-58-61-64-67-70-76(79)82-73-74(72-81-75(78)69-66-63-60-57-54-51-48-27-24-21-18-15-12-9-6-3)83-77(80)71-68-65-62-59-56-53-50-47-45-43-40-35-33-31-29-26-23-20-17-14-11-8-5-2/h23,26,30-33,74H,4-22,24-25,27-29,34-73H2,1-3H3/b26-23-,32-30-,33-31-. The number of hydrogen-bond acceptors (Lipinski definition) is 6. The molecule has 83 heavy (non-hydrogen) atoms. The molecule has 0 aromatic rings. The van der Waals surface area contributed by atoms with E-state index in [2.05, 4.69) is 57.2 Å². The van der Waals surface area contributed by atoms with Crippen LogP contribution in [0.1, 0.15) is 419 Å². The first-order chi connectivity index (χ1) is 41.0. The van der Waals surface area contributed by atoms with Crippen molar-refractivity contribution in [3.63, 3.8) is 0 Å². The van der Waals surface area contributed by atoms with E-state index in [-0.39, 0.29) is 31.1 Å². The Bertz CT molecular complexity index is 1380. The fraction of sp³-hybridized carbons (Fsp3) is 0.883. The van der Waals surface area contributed by atoms with Crippen LogP contribution in [0.5, 0.6) is 0 Å². The van der Waals surface area contributed by atoms with E-state index < -0.39 is 6.10 Å². The minimum Gasteiger partial charge on any atom is -0.462 e. The largest absolute Gasteiger partial charge is 0.462 e. The summed E-state index contributed by atoms with van der Waals surface area (Å²) in [6, 6.07) is 0. The number of ether oxygens (including phenoxy) is 3. The van der Waals surface area contributed by atoms with Crippen LogP contribution in [0.15, 0.2) is 36.5 Å². The highest BCUT2D eigenvalue weighted by atomic mass is 16.6. The van der Waals surface area contributed by atoms with Gasteiger partial charge in [-0.15, -0.1) is 0 Å². The summed E-state index contributed by atoms with van der Waals surface area (Å²) in [5.41, 5.74) is 0. The Morgan fingerprint density at radius 3 is 0.675 bits per heavy atom. The number of rotatable bonds is 70. The van der Waals surface area contributed by atoms with E-state index in [4.69, 9.17) is 14.2 Å². The maximum atomic E-state index is 13.0. The number of unbranched alkanes of at least 4 members (excludes halogenated alkanes) is 53. The molecule has 1 unspecified atom stereocenters. The molecule has 0 saturated heterocycles. The number of hydrogen-bond donors (Lipinski definition) is 0. The Morgan fingerprint density at radius 1 is 0.241 bits per heavy atom. The van der Waals surface area contributed by atoms with Crippen LogP contribution in [0.4, 0.5) is 0 Å². The lowest BCUT2D eigenvalue weighted by atomic mass is 10.0.